The molecule has 0 radical (unpaired) electrons. The van der Waals surface area contributed by atoms with Crippen LogP contribution in [-0.4, -0.2) is 29.9 Å². The summed E-state index contributed by atoms with van der Waals surface area (Å²) in [6.07, 6.45) is 2.63. The Bertz CT molecular complexity index is 180. The maximum Gasteiger partial charge on any atom is 0.222 e. The van der Waals surface area contributed by atoms with Crippen molar-refractivity contribution in [2.24, 2.45) is 11.7 Å². The van der Waals surface area contributed by atoms with Crippen LogP contribution in [0.15, 0.2) is 0 Å². The zero-order valence-corrected chi connectivity index (χ0v) is 10.6. The molecule has 0 saturated heterocycles. The number of hydrogen-bond donors (Lipinski definition) is 1. The molecule has 90 valence electrons. The van der Waals surface area contributed by atoms with Crippen molar-refractivity contribution in [2.75, 3.05) is 13.1 Å². The van der Waals surface area contributed by atoms with Gasteiger partial charge in [0, 0.05) is 19.0 Å². The van der Waals surface area contributed by atoms with Crippen LogP contribution in [0.4, 0.5) is 0 Å². The van der Waals surface area contributed by atoms with Gasteiger partial charge in [-0.25, -0.2) is 0 Å². The minimum Gasteiger partial charge on any atom is -0.341 e. The summed E-state index contributed by atoms with van der Waals surface area (Å²) in [6, 6.07) is 0.312. The van der Waals surface area contributed by atoms with Crippen LogP contribution in [0.2, 0.25) is 0 Å². The summed E-state index contributed by atoms with van der Waals surface area (Å²) in [5, 5.41) is 0. The highest BCUT2D eigenvalue weighted by Gasteiger charge is 2.15. The first-order chi connectivity index (χ1) is 7.02. The highest BCUT2D eigenvalue weighted by Crippen LogP contribution is 2.11. The van der Waals surface area contributed by atoms with E-state index in [1.165, 1.54) is 0 Å². The highest BCUT2D eigenvalue weighted by molar-refractivity contribution is 5.76. The molecular weight excluding hydrogens is 188 g/mol. The highest BCUT2D eigenvalue weighted by atomic mass is 16.2. The van der Waals surface area contributed by atoms with E-state index in [4.69, 9.17) is 5.73 Å². The molecule has 0 aliphatic rings. The summed E-state index contributed by atoms with van der Waals surface area (Å²) in [5.41, 5.74) is 5.47. The van der Waals surface area contributed by atoms with Gasteiger partial charge in [-0.1, -0.05) is 6.92 Å². The van der Waals surface area contributed by atoms with E-state index in [1.54, 1.807) is 0 Å². The second-order valence-electron chi connectivity index (χ2n) is 4.49. The van der Waals surface area contributed by atoms with Crippen molar-refractivity contribution >= 4 is 5.91 Å². The Morgan fingerprint density at radius 1 is 1.27 bits per heavy atom. The molecule has 1 atom stereocenters. The average molecular weight is 214 g/mol. The van der Waals surface area contributed by atoms with Gasteiger partial charge in [0.2, 0.25) is 5.91 Å². The fraction of sp³-hybridized carbons (Fsp3) is 0.917. The molecular formula is C12H26N2O. The van der Waals surface area contributed by atoms with Gasteiger partial charge in [0.05, 0.1) is 0 Å². The molecule has 0 fully saturated rings. The van der Waals surface area contributed by atoms with E-state index in [-0.39, 0.29) is 5.91 Å². The lowest BCUT2D eigenvalue weighted by Gasteiger charge is -2.25. The second-order valence-corrected chi connectivity index (χ2v) is 4.49. The zero-order chi connectivity index (χ0) is 11.8. The first-order valence-corrected chi connectivity index (χ1v) is 6.02. The predicted octanol–water partition coefficient (Wildman–Crippen LogP) is 2.01. The summed E-state index contributed by atoms with van der Waals surface area (Å²) in [6.45, 7) is 9.83. The average Bonchev–Trinajstić information content (AvgIpc) is 2.15. The van der Waals surface area contributed by atoms with Gasteiger partial charge in [-0.05, 0) is 46.1 Å². The minimum absolute atomic E-state index is 0.274. The van der Waals surface area contributed by atoms with Gasteiger partial charge in [0.1, 0.15) is 0 Å². The van der Waals surface area contributed by atoms with E-state index in [0.717, 1.165) is 25.9 Å². The first kappa shape index (κ1) is 14.4. The molecule has 0 bridgehead atoms. The molecule has 0 aliphatic heterocycles. The van der Waals surface area contributed by atoms with E-state index in [1.807, 2.05) is 11.8 Å². The molecule has 2 N–H and O–H groups in total. The molecule has 0 rings (SSSR count). The van der Waals surface area contributed by atoms with Crippen molar-refractivity contribution in [3.63, 3.8) is 0 Å². The van der Waals surface area contributed by atoms with Crippen LogP contribution in [-0.2, 0) is 4.79 Å². The molecule has 1 amide bonds. The monoisotopic (exact) mass is 214 g/mol. The number of carbonyl (C=O) groups is 1. The summed E-state index contributed by atoms with van der Waals surface area (Å²) in [4.78, 5) is 13.7. The van der Waals surface area contributed by atoms with E-state index in [2.05, 4.69) is 20.8 Å². The van der Waals surface area contributed by atoms with Crippen LogP contribution in [0.5, 0.6) is 0 Å². The maximum atomic E-state index is 11.8. The van der Waals surface area contributed by atoms with Gasteiger partial charge in [0.15, 0.2) is 0 Å². The van der Waals surface area contributed by atoms with E-state index < -0.39 is 0 Å². The summed E-state index contributed by atoms with van der Waals surface area (Å²) < 4.78 is 0. The standard InChI is InChI=1S/C12H26N2O/c1-5-14(10(2)3)12(15)7-6-11(4)8-9-13/h10-11H,5-9,13H2,1-4H3. The molecule has 15 heavy (non-hydrogen) atoms. The molecule has 3 nitrogen and oxygen atoms in total. The second kappa shape index (κ2) is 7.69. The summed E-state index contributed by atoms with van der Waals surface area (Å²) in [5.74, 6) is 0.834. The van der Waals surface area contributed by atoms with Gasteiger partial charge in [-0.15, -0.1) is 0 Å². The third-order valence-electron chi connectivity index (χ3n) is 2.79. The SMILES string of the molecule is CCN(C(=O)CCC(C)CCN)C(C)C. The van der Waals surface area contributed by atoms with Gasteiger partial charge >= 0.3 is 0 Å². The van der Waals surface area contributed by atoms with E-state index in [0.29, 0.717) is 18.4 Å². The van der Waals surface area contributed by atoms with Gasteiger partial charge in [-0.2, -0.15) is 0 Å². The predicted molar refractivity (Wildman–Crippen MR) is 64.6 cm³/mol. The topological polar surface area (TPSA) is 46.3 Å². The molecule has 0 heterocycles. The molecule has 3 heteroatoms. The number of nitrogens with two attached hydrogens (primary N) is 1. The molecule has 0 aliphatic carbocycles. The number of nitrogens with zero attached hydrogens (tertiary/aromatic N) is 1. The van der Waals surface area contributed by atoms with Crippen LogP contribution in [0.25, 0.3) is 0 Å². The van der Waals surface area contributed by atoms with Crippen molar-refractivity contribution in [1.82, 2.24) is 4.90 Å². The molecule has 0 saturated carbocycles. The third kappa shape index (κ3) is 5.78. The Morgan fingerprint density at radius 2 is 1.87 bits per heavy atom. The Hall–Kier alpha value is -0.570. The quantitative estimate of drug-likeness (QED) is 0.704. The van der Waals surface area contributed by atoms with Crippen LogP contribution in [0.1, 0.15) is 47.0 Å². The number of rotatable bonds is 7. The molecule has 0 aromatic carbocycles. The third-order valence-corrected chi connectivity index (χ3v) is 2.79. The van der Waals surface area contributed by atoms with Gasteiger partial charge in [0.25, 0.3) is 0 Å². The van der Waals surface area contributed by atoms with Gasteiger partial charge in [-0.3, -0.25) is 4.79 Å². The van der Waals surface area contributed by atoms with Crippen molar-refractivity contribution in [2.45, 2.75) is 53.0 Å². The van der Waals surface area contributed by atoms with Gasteiger partial charge < -0.3 is 10.6 Å². The Balaban J connectivity index is 3.90. The van der Waals surface area contributed by atoms with Crippen LogP contribution in [0.3, 0.4) is 0 Å². The Kier molecular flexibility index (Phi) is 7.39. The Morgan fingerprint density at radius 3 is 2.27 bits per heavy atom. The van der Waals surface area contributed by atoms with Crippen molar-refractivity contribution in [3.05, 3.63) is 0 Å². The number of amides is 1. The van der Waals surface area contributed by atoms with Crippen molar-refractivity contribution in [1.29, 1.82) is 0 Å². The lowest BCUT2D eigenvalue weighted by molar-refractivity contribution is -0.132. The smallest absolute Gasteiger partial charge is 0.222 e. The van der Waals surface area contributed by atoms with Crippen LogP contribution in [0, 0.1) is 5.92 Å². The fourth-order valence-corrected chi connectivity index (χ4v) is 1.77. The molecule has 0 spiro atoms. The lowest BCUT2D eigenvalue weighted by atomic mass is 10.0. The van der Waals surface area contributed by atoms with E-state index in [9.17, 15) is 4.79 Å². The summed E-state index contributed by atoms with van der Waals surface area (Å²) in [7, 11) is 0. The molecule has 1 unspecified atom stereocenters. The molecule has 0 aromatic heterocycles. The maximum absolute atomic E-state index is 11.8. The largest absolute Gasteiger partial charge is 0.341 e. The van der Waals surface area contributed by atoms with Crippen molar-refractivity contribution in [3.8, 4) is 0 Å². The normalized spacial score (nSPS) is 12.9. The fourth-order valence-electron chi connectivity index (χ4n) is 1.77. The molecule has 0 aromatic rings. The lowest BCUT2D eigenvalue weighted by Crippen LogP contribution is -2.36. The minimum atomic E-state index is 0.274. The Labute approximate surface area is 94.0 Å². The van der Waals surface area contributed by atoms with Crippen LogP contribution < -0.4 is 5.73 Å². The van der Waals surface area contributed by atoms with Crippen LogP contribution >= 0.6 is 0 Å². The van der Waals surface area contributed by atoms with E-state index >= 15 is 0 Å². The number of carbonyl (C=O) groups excluding carboxylic acids is 1. The zero-order valence-electron chi connectivity index (χ0n) is 10.6. The first-order valence-electron chi connectivity index (χ1n) is 6.02. The summed E-state index contributed by atoms with van der Waals surface area (Å²) >= 11 is 0. The number of hydrogen-bond acceptors (Lipinski definition) is 2. The van der Waals surface area contributed by atoms with Crippen molar-refractivity contribution < 1.29 is 4.79 Å².